The summed E-state index contributed by atoms with van der Waals surface area (Å²) in [4.78, 5) is 12.4. The van der Waals surface area contributed by atoms with Crippen LogP contribution in [0.4, 0.5) is 26.3 Å². The molecule has 1 aliphatic heterocycles. The lowest BCUT2D eigenvalue weighted by atomic mass is 9.85. The first kappa shape index (κ1) is 17.1. The van der Waals surface area contributed by atoms with Crippen LogP contribution in [0.25, 0.3) is 0 Å². The maximum Gasteiger partial charge on any atom is 0.404 e. The van der Waals surface area contributed by atoms with E-state index >= 15 is 0 Å². The van der Waals surface area contributed by atoms with E-state index in [1.807, 2.05) is 0 Å². The zero-order chi connectivity index (χ0) is 15.9. The van der Waals surface area contributed by atoms with Gasteiger partial charge in [0.15, 0.2) is 5.41 Å². The molecule has 1 heterocycles. The van der Waals surface area contributed by atoms with E-state index in [9.17, 15) is 31.1 Å². The van der Waals surface area contributed by atoms with Gasteiger partial charge in [0.2, 0.25) is 5.91 Å². The molecule has 0 aromatic rings. The molecule has 1 aliphatic rings. The molecule has 0 saturated carbocycles. The summed E-state index contributed by atoms with van der Waals surface area (Å²) < 4.78 is 76.9. The first-order valence-corrected chi connectivity index (χ1v) is 6.01. The van der Waals surface area contributed by atoms with Gasteiger partial charge in [-0.15, -0.1) is 0 Å². The zero-order valence-corrected chi connectivity index (χ0v) is 11.0. The minimum absolute atomic E-state index is 0.366. The van der Waals surface area contributed by atoms with Crippen molar-refractivity contribution in [2.75, 3.05) is 13.1 Å². The van der Waals surface area contributed by atoms with Gasteiger partial charge >= 0.3 is 12.4 Å². The van der Waals surface area contributed by atoms with Gasteiger partial charge in [-0.2, -0.15) is 26.3 Å². The third-order valence-corrected chi connectivity index (χ3v) is 3.67. The Balaban J connectivity index is 3.01. The summed E-state index contributed by atoms with van der Waals surface area (Å²) in [5, 5.41) is 0. The van der Waals surface area contributed by atoms with E-state index in [-0.39, 0.29) is 5.92 Å². The Kier molecular flexibility index (Phi) is 4.34. The SMILES string of the molecule is CC(C)[C@H](N)C(=O)N1CCC(C(F)(F)F)(C(F)(F)F)C1. The van der Waals surface area contributed by atoms with Crippen LogP contribution in [0.1, 0.15) is 20.3 Å². The molecule has 1 saturated heterocycles. The summed E-state index contributed by atoms with van der Waals surface area (Å²) >= 11 is 0. The number of alkyl halides is 6. The largest absolute Gasteiger partial charge is 0.404 e. The van der Waals surface area contributed by atoms with Gasteiger partial charge in [0.25, 0.3) is 0 Å². The molecule has 0 radical (unpaired) electrons. The highest BCUT2D eigenvalue weighted by molar-refractivity contribution is 5.82. The number of nitrogens with two attached hydrogens (primary N) is 1. The molecule has 0 spiro atoms. The Morgan fingerprint density at radius 3 is 1.90 bits per heavy atom. The van der Waals surface area contributed by atoms with Crippen molar-refractivity contribution in [3.8, 4) is 0 Å². The molecule has 0 aromatic heterocycles. The lowest BCUT2D eigenvalue weighted by molar-refractivity contribution is -0.334. The predicted octanol–water partition coefficient (Wildman–Crippen LogP) is 2.31. The van der Waals surface area contributed by atoms with Crippen LogP contribution in [0.5, 0.6) is 0 Å². The quantitative estimate of drug-likeness (QED) is 0.796. The first-order chi connectivity index (χ1) is 8.83. The summed E-state index contributed by atoms with van der Waals surface area (Å²) in [6.07, 6.45) is -12.1. The van der Waals surface area contributed by atoms with Crippen molar-refractivity contribution in [3.63, 3.8) is 0 Å². The van der Waals surface area contributed by atoms with Gasteiger partial charge in [-0.05, 0) is 12.3 Å². The Morgan fingerprint density at radius 1 is 1.15 bits per heavy atom. The van der Waals surface area contributed by atoms with Gasteiger partial charge in [-0.25, -0.2) is 0 Å². The van der Waals surface area contributed by atoms with Crippen molar-refractivity contribution in [1.29, 1.82) is 0 Å². The average molecular weight is 306 g/mol. The van der Waals surface area contributed by atoms with Crippen molar-refractivity contribution < 1.29 is 31.1 Å². The molecule has 1 amide bonds. The predicted molar refractivity (Wildman–Crippen MR) is 58.6 cm³/mol. The summed E-state index contributed by atoms with van der Waals surface area (Å²) in [5.41, 5.74) is 1.64. The number of amides is 1. The van der Waals surface area contributed by atoms with E-state index < -0.39 is 49.2 Å². The summed E-state index contributed by atoms with van der Waals surface area (Å²) in [5.74, 6) is -1.25. The number of carbonyl (C=O) groups excluding carboxylic acids is 1. The number of rotatable bonds is 2. The Bertz CT molecular complexity index is 362. The highest BCUT2D eigenvalue weighted by atomic mass is 19.4. The molecule has 9 heteroatoms. The number of hydrogen-bond acceptors (Lipinski definition) is 2. The molecule has 0 bridgehead atoms. The van der Waals surface area contributed by atoms with Gasteiger partial charge in [-0.3, -0.25) is 4.79 Å². The van der Waals surface area contributed by atoms with E-state index in [4.69, 9.17) is 5.73 Å². The second-order valence-electron chi connectivity index (χ2n) is 5.36. The first-order valence-electron chi connectivity index (χ1n) is 6.01. The zero-order valence-electron chi connectivity index (χ0n) is 11.0. The van der Waals surface area contributed by atoms with Crippen LogP contribution >= 0.6 is 0 Å². The summed E-state index contributed by atoms with van der Waals surface area (Å²) in [7, 11) is 0. The van der Waals surface area contributed by atoms with E-state index in [2.05, 4.69) is 0 Å². The van der Waals surface area contributed by atoms with Crippen molar-refractivity contribution in [1.82, 2.24) is 4.90 Å². The highest BCUT2D eigenvalue weighted by Crippen LogP contribution is 2.55. The third-order valence-electron chi connectivity index (χ3n) is 3.67. The molecule has 118 valence electrons. The van der Waals surface area contributed by atoms with Crippen molar-refractivity contribution in [3.05, 3.63) is 0 Å². The molecule has 0 aromatic carbocycles. The molecule has 1 atom stereocenters. The minimum Gasteiger partial charge on any atom is -0.340 e. The number of carbonyl (C=O) groups is 1. The second-order valence-corrected chi connectivity index (χ2v) is 5.36. The van der Waals surface area contributed by atoms with E-state index in [0.717, 1.165) is 0 Å². The lowest BCUT2D eigenvalue weighted by Gasteiger charge is -2.34. The van der Waals surface area contributed by atoms with Crippen LogP contribution in [0.3, 0.4) is 0 Å². The molecular formula is C11H16F6N2O. The fraction of sp³-hybridized carbons (Fsp3) is 0.909. The Morgan fingerprint density at radius 2 is 1.60 bits per heavy atom. The normalized spacial score (nSPS) is 21.4. The van der Waals surface area contributed by atoms with E-state index in [0.29, 0.717) is 4.90 Å². The van der Waals surface area contributed by atoms with Crippen molar-refractivity contribution >= 4 is 5.91 Å². The highest BCUT2D eigenvalue weighted by Gasteiger charge is 2.72. The smallest absolute Gasteiger partial charge is 0.340 e. The standard InChI is InChI=1S/C11H16F6N2O/c1-6(2)7(18)8(20)19-4-3-9(5-19,10(12,13)14)11(15,16)17/h6-7H,3-5,18H2,1-2H3/t7-/m0/s1. The molecule has 0 unspecified atom stereocenters. The van der Waals surface area contributed by atoms with Crippen LogP contribution in [0.15, 0.2) is 0 Å². The topological polar surface area (TPSA) is 46.3 Å². The monoisotopic (exact) mass is 306 g/mol. The van der Waals surface area contributed by atoms with Crippen LogP contribution in [-0.2, 0) is 4.79 Å². The van der Waals surface area contributed by atoms with Gasteiger partial charge in [0.05, 0.1) is 6.04 Å². The number of likely N-dealkylation sites (tertiary alicyclic amines) is 1. The second kappa shape index (κ2) is 5.09. The number of halogens is 6. The van der Waals surface area contributed by atoms with Gasteiger partial charge < -0.3 is 10.6 Å². The molecular weight excluding hydrogens is 290 g/mol. The maximum atomic E-state index is 12.8. The Labute approximate surface area is 112 Å². The molecule has 3 nitrogen and oxygen atoms in total. The molecule has 1 fully saturated rings. The fourth-order valence-electron chi connectivity index (χ4n) is 2.12. The molecule has 0 aliphatic carbocycles. The van der Waals surface area contributed by atoms with Gasteiger partial charge in [-0.1, -0.05) is 13.8 Å². The minimum atomic E-state index is -5.46. The van der Waals surface area contributed by atoms with Crippen LogP contribution in [-0.4, -0.2) is 42.3 Å². The maximum absolute atomic E-state index is 12.8. The van der Waals surface area contributed by atoms with Gasteiger partial charge in [0.1, 0.15) is 0 Å². The fourth-order valence-corrected chi connectivity index (χ4v) is 2.12. The van der Waals surface area contributed by atoms with Gasteiger partial charge in [0, 0.05) is 13.1 Å². The summed E-state index contributed by atoms with van der Waals surface area (Å²) in [6.45, 7) is 1.12. The van der Waals surface area contributed by atoms with Crippen molar-refractivity contribution in [2.45, 2.75) is 38.7 Å². The van der Waals surface area contributed by atoms with Crippen LogP contribution in [0, 0.1) is 11.3 Å². The molecule has 20 heavy (non-hydrogen) atoms. The lowest BCUT2D eigenvalue weighted by Crippen LogP contribution is -2.53. The van der Waals surface area contributed by atoms with E-state index in [1.165, 1.54) is 0 Å². The van der Waals surface area contributed by atoms with Crippen LogP contribution < -0.4 is 5.73 Å². The van der Waals surface area contributed by atoms with Crippen LogP contribution in [0.2, 0.25) is 0 Å². The molecule has 2 N–H and O–H groups in total. The molecule has 1 rings (SSSR count). The van der Waals surface area contributed by atoms with E-state index in [1.54, 1.807) is 13.8 Å². The third kappa shape index (κ3) is 2.72. The Hall–Kier alpha value is -0.990. The number of nitrogens with zero attached hydrogens (tertiary/aromatic N) is 1. The summed E-state index contributed by atoms with van der Waals surface area (Å²) in [6, 6.07) is -1.10. The van der Waals surface area contributed by atoms with Crippen molar-refractivity contribution in [2.24, 2.45) is 17.1 Å². The average Bonchev–Trinajstić information content (AvgIpc) is 2.71. The number of hydrogen-bond donors (Lipinski definition) is 1.